The van der Waals surface area contributed by atoms with E-state index in [4.69, 9.17) is 5.26 Å². The Morgan fingerprint density at radius 1 is 1.64 bits per heavy atom. The van der Waals surface area contributed by atoms with Crippen LogP contribution in [-0.4, -0.2) is 29.5 Å². The third-order valence-corrected chi connectivity index (χ3v) is 4.12. The van der Waals surface area contributed by atoms with E-state index in [-0.39, 0.29) is 23.4 Å². The summed E-state index contributed by atoms with van der Waals surface area (Å²) in [6.45, 7) is 0. The van der Waals surface area contributed by atoms with Gasteiger partial charge in [0.2, 0.25) is 5.82 Å². The van der Waals surface area contributed by atoms with Crippen molar-refractivity contribution in [2.24, 2.45) is 0 Å². The lowest BCUT2D eigenvalue weighted by Crippen LogP contribution is -2.11. The molecule has 0 amide bonds. The molecule has 0 radical (unpaired) electrons. The van der Waals surface area contributed by atoms with Crippen LogP contribution in [0.15, 0.2) is 12.4 Å². The minimum absolute atomic E-state index is 0.114. The summed E-state index contributed by atoms with van der Waals surface area (Å²) in [6.07, 6.45) is 3.75. The lowest BCUT2D eigenvalue weighted by Gasteiger charge is -2.09. The predicted octanol–water partition coefficient (Wildman–Crippen LogP) is 0.114. The van der Waals surface area contributed by atoms with E-state index in [1.54, 1.807) is 10.8 Å². The summed E-state index contributed by atoms with van der Waals surface area (Å²) in [6, 6.07) is 1.82. The topological polar surface area (TPSA) is 75.8 Å². The molecule has 0 N–H and O–H groups in total. The molecular weight excluding hydrogens is 202 g/mol. The Hall–Kier alpha value is -1.35. The summed E-state index contributed by atoms with van der Waals surface area (Å²) in [7, 11) is -2.90. The zero-order valence-corrected chi connectivity index (χ0v) is 8.24. The van der Waals surface area contributed by atoms with Gasteiger partial charge in [0.25, 0.3) is 0 Å². The van der Waals surface area contributed by atoms with Gasteiger partial charge in [-0.05, 0) is 6.42 Å². The highest BCUT2D eigenvalue weighted by Gasteiger charge is 2.29. The highest BCUT2D eigenvalue weighted by Crippen LogP contribution is 2.24. The number of imidazole rings is 1. The maximum Gasteiger partial charge on any atom is 0.212 e. The van der Waals surface area contributed by atoms with Crippen molar-refractivity contribution in [3.8, 4) is 6.07 Å². The van der Waals surface area contributed by atoms with Gasteiger partial charge in [-0.1, -0.05) is 0 Å². The molecule has 0 aromatic carbocycles. The predicted molar refractivity (Wildman–Crippen MR) is 49.2 cm³/mol. The molecule has 5 nitrogen and oxygen atoms in total. The van der Waals surface area contributed by atoms with Crippen LogP contribution >= 0.6 is 0 Å². The largest absolute Gasteiger partial charge is 0.319 e. The van der Waals surface area contributed by atoms with Crippen LogP contribution < -0.4 is 0 Å². The van der Waals surface area contributed by atoms with Crippen molar-refractivity contribution < 1.29 is 8.42 Å². The molecule has 1 saturated heterocycles. The van der Waals surface area contributed by atoms with Gasteiger partial charge in [-0.3, -0.25) is 0 Å². The fourth-order valence-corrected chi connectivity index (χ4v) is 3.40. The number of hydrogen-bond donors (Lipinski definition) is 0. The van der Waals surface area contributed by atoms with E-state index < -0.39 is 9.84 Å². The number of hydrogen-bond acceptors (Lipinski definition) is 4. The monoisotopic (exact) mass is 211 g/mol. The zero-order valence-electron chi connectivity index (χ0n) is 7.42. The van der Waals surface area contributed by atoms with Crippen molar-refractivity contribution in [3.63, 3.8) is 0 Å². The van der Waals surface area contributed by atoms with Crippen molar-refractivity contribution in [3.05, 3.63) is 18.2 Å². The minimum Gasteiger partial charge on any atom is -0.319 e. The molecule has 14 heavy (non-hydrogen) atoms. The average molecular weight is 211 g/mol. The van der Waals surface area contributed by atoms with Gasteiger partial charge in [0.05, 0.1) is 17.5 Å². The molecule has 0 bridgehead atoms. The first-order valence-electron chi connectivity index (χ1n) is 4.26. The maximum atomic E-state index is 11.2. The molecule has 0 aliphatic carbocycles. The van der Waals surface area contributed by atoms with Gasteiger partial charge in [0, 0.05) is 12.4 Å². The Morgan fingerprint density at radius 3 is 3.00 bits per heavy atom. The summed E-state index contributed by atoms with van der Waals surface area (Å²) < 4.78 is 24.1. The van der Waals surface area contributed by atoms with Crippen molar-refractivity contribution in [1.29, 1.82) is 5.26 Å². The Bertz CT molecular complexity index is 483. The van der Waals surface area contributed by atoms with Crippen LogP contribution in [0.3, 0.4) is 0 Å². The van der Waals surface area contributed by atoms with E-state index in [1.807, 2.05) is 6.07 Å². The number of rotatable bonds is 1. The fraction of sp³-hybridized carbons (Fsp3) is 0.500. The Kier molecular flexibility index (Phi) is 2.04. The van der Waals surface area contributed by atoms with Crippen LogP contribution in [0.1, 0.15) is 18.3 Å². The number of sulfone groups is 1. The number of nitriles is 1. The van der Waals surface area contributed by atoms with Gasteiger partial charge in [0.1, 0.15) is 6.07 Å². The fourth-order valence-electron chi connectivity index (χ4n) is 1.69. The molecule has 1 aromatic heterocycles. The molecular formula is C8H9N3O2S. The first-order valence-corrected chi connectivity index (χ1v) is 6.08. The first-order chi connectivity index (χ1) is 6.62. The molecule has 1 unspecified atom stereocenters. The molecule has 1 aliphatic rings. The number of nitrogens with zero attached hydrogens (tertiary/aromatic N) is 3. The standard InChI is InChI=1S/C8H9N3O2S/c9-5-8-10-2-3-11(8)7-1-4-14(12,13)6-7/h2-3,7H,1,4,6H2. The van der Waals surface area contributed by atoms with E-state index >= 15 is 0 Å². The van der Waals surface area contributed by atoms with E-state index in [9.17, 15) is 8.42 Å². The molecule has 2 rings (SSSR count). The van der Waals surface area contributed by atoms with Gasteiger partial charge >= 0.3 is 0 Å². The van der Waals surface area contributed by atoms with Crippen molar-refractivity contribution in [2.75, 3.05) is 11.5 Å². The van der Waals surface area contributed by atoms with Crippen molar-refractivity contribution in [2.45, 2.75) is 12.5 Å². The molecule has 2 heterocycles. The highest BCUT2D eigenvalue weighted by atomic mass is 32.2. The molecule has 1 fully saturated rings. The SMILES string of the molecule is N#Cc1nccn1C1CCS(=O)(=O)C1. The minimum atomic E-state index is -2.90. The van der Waals surface area contributed by atoms with E-state index in [2.05, 4.69) is 4.98 Å². The molecule has 74 valence electrons. The van der Waals surface area contributed by atoms with Crippen LogP contribution in [0, 0.1) is 11.3 Å². The highest BCUT2D eigenvalue weighted by molar-refractivity contribution is 7.91. The van der Waals surface area contributed by atoms with Gasteiger partial charge in [0.15, 0.2) is 9.84 Å². The molecule has 1 aliphatic heterocycles. The van der Waals surface area contributed by atoms with Gasteiger partial charge < -0.3 is 4.57 Å². The Balaban J connectivity index is 2.31. The normalized spacial score (nSPS) is 24.6. The summed E-state index contributed by atoms with van der Waals surface area (Å²) in [5.74, 6) is 0.616. The van der Waals surface area contributed by atoms with Crippen molar-refractivity contribution >= 4 is 9.84 Å². The zero-order chi connectivity index (χ0) is 10.2. The van der Waals surface area contributed by atoms with Gasteiger partial charge in [-0.2, -0.15) is 5.26 Å². The van der Waals surface area contributed by atoms with E-state index in [0.717, 1.165) is 0 Å². The van der Waals surface area contributed by atoms with Crippen LogP contribution in [0.25, 0.3) is 0 Å². The van der Waals surface area contributed by atoms with Crippen LogP contribution in [0.5, 0.6) is 0 Å². The Morgan fingerprint density at radius 2 is 2.43 bits per heavy atom. The van der Waals surface area contributed by atoms with E-state index in [1.165, 1.54) is 6.20 Å². The maximum absolute atomic E-state index is 11.2. The molecule has 0 saturated carbocycles. The molecule has 0 spiro atoms. The smallest absolute Gasteiger partial charge is 0.212 e. The summed E-state index contributed by atoms with van der Waals surface area (Å²) in [5.41, 5.74) is 0. The first kappa shape index (κ1) is 9.21. The quantitative estimate of drug-likeness (QED) is 0.661. The summed E-state index contributed by atoms with van der Waals surface area (Å²) in [4.78, 5) is 3.83. The lowest BCUT2D eigenvalue weighted by atomic mass is 10.2. The van der Waals surface area contributed by atoms with Crippen LogP contribution in [0.2, 0.25) is 0 Å². The van der Waals surface area contributed by atoms with Crippen molar-refractivity contribution in [1.82, 2.24) is 9.55 Å². The summed E-state index contributed by atoms with van der Waals surface area (Å²) >= 11 is 0. The molecule has 6 heteroatoms. The van der Waals surface area contributed by atoms with Crippen LogP contribution in [0.4, 0.5) is 0 Å². The second kappa shape index (κ2) is 3.10. The van der Waals surface area contributed by atoms with E-state index in [0.29, 0.717) is 6.42 Å². The van der Waals surface area contributed by atoms with Crippen LogP contribution in [-0.2, 0) is 9.84 Å². The Labute approximate surface area is 81.9 Å². The molecule has 1 atom stereocenters. The average Bonchev–Trinajstić information content (AvgIpc) is 2.70. The molecule has 1 aromatic rings. The van der Waals surface area contributed by atoms with Gasteiger partial charge in [-0.25, -0.2) is 13.4 Å². The second-order valence-corrected chi connectivity index (χ2v) is 5.56. The van der Waals surface area contributed by atoms with Gasteiger partial charge in [-0.15, -0.1) is 0 Å². The third-order valence-electron chi connectivity index (χ3n) is 2.37. The number of aromatic nitrogens is 2. The summed E-state index contributed by atoms with van der Waals surface area (Å²) in [5, 5.41) is 8.71. The lowest BCUT2D eigenvalue weighted by molar-refractivity contribution is 0.549. The third kappa shape index (κ3) is 1.51. The second-order valence-electron chi connectivity index (χ2n) is 3.33.